The van der Waals surface area contributed by atoms with E-state index >= 15 is 0 Å². The molecule has 1 saturated carbocycles. The lowest BCUT2D eigenvalue weighted by atomic mass is 10.0. The van der Waals surface area contributed by atoms with Gasteiger partial charge in [0.25, 0.3) is 0 Å². The molecular formula is C24H40NO5P. The van der Waals surface area contributed by atoms with Crippen molar-refractivity contribution < 1.29 is 23.4 Å². The Morgan fingerprint density at radius 2 is 1.81 bits per heavy atom. The van der Waals surface area contributed by atoms with Gasteiger partial charge in [0.1, 0.15) is 11.4 Å². The molecule has 1 amide bonds. The van der Waals surface area contributed by atoms with E-state index in [2.05, 4.69) is 12.2 Å². The molecule has 176 valence electrons. The van der Waals surface area contributed by atoms with Gasteiger partial charge in [-0.1, -0.05) is 44.7 Å². The van der Waals surface area contributed by atoms with Crippen molar-refractivity contribution in [3.8, 4) is 5.75 Å². The zero-order valence-corrected chi connectivity index (χ0v) is 20.5. The fraction of sp³-hybridized carbons (Fsp3) is 0.708. The molecule has 1 aliphatic carbocycles. The van der Waals surface area contributed by atoms with E-state index in [0.717, 1.165) is 44.1 Å². The quantitative estimate of drug-likeness (QED) is 0.305. The molecule has 0 spiro atoms. The maximum Gasteiger partial charge on any atom is 0.407 e. The first kappa shape index (κ1) is 25.7. The maximum absolute atomic E-state index is 13.6. The van der Waals surface area contributed by atoms with E-state index in [1.165, 1.54) is 6.42 Å². The van der Waals surface area contributed by atoms with Crippen molar-refractivity contribution in [2.24, 2.45) is 0 Å². The fourth-order valence-electron chi connectivity index (χ4n) is 3.63. The predicted octanol–water partition coefficient (Wildman–Crippen LogP) is 6.52. The topological polar surface area (TPSA) is 73.9 Å². The van der Waals surface area contributed by atoms with E-state index < -0.39 is 19.1 Å². The molecule has 1 N–H and O–H groups in total. The maximum atomic E-state index is 13.6. The summed E-state index contributed by atoms with van der Waals surface area (Å²) in [6.45, 7) is 8.67. The summed E-state index contributed by atoms with van der Waals surface area (Å²) in [5.41, 5.74) is 0.704. The lowest BCUT2D eigenvalue weighted by Crippen LogP contribution is -2.33. The van der Waals surface area contributed by atoms with Crippen LogP contribution in [0.4, 0.5) is 4.79 Å². The van der Waals surface area contributed by atoms with Crippen LogP contribution in [-0.4, -0.2) is 36.9 Å². The molecule has 1 atom stereocenters. The molecule has 7 heteroatoms. The second-order valence-corrected chi connectivity index (χ2v) is 12.0. The van der Waals surface area contributed by atoms with E-state index in [1.807, 2.05) is 45.0 Å². The number of benzene rings is 1. The summed E-state index contributed by atoms with van der Waals surface area (Å²) < 4.78 is 30.7. The van der Waals surface area contributed by atoms with Gasteiger partial charge in [-0.05, 0) is 64.2 Å². The minimum Gasteiger partial charge on any atom is -0.484 e. The number of carbonyl (C=O) groups is 1. The minimum atomic E-state index is -2.83. The molecule has 6 nitrogen and oxygen atoms in total. The van der Waals surface area contributed by atoms with Gasteiger partial charge in [0.05, 0.1) is 6.61 Å². The van der Waals surface area contributed by atoms with Gasteiger partial charge < -0.3 is 19.3 Å². The summed E-state index contributed by atoms with van der Waals surface area (Å²) in [7, 11) is -2.83. The highest BCUT2D eigenvalue weighted by Crippen LogP contribution is 2.56. The van der Waals surface area contributed by atoms with Crippen LogP contribution in [0.25, 0.3) is 0 Å². The zero-order valence-electron chi connectivity index (χ0n) is 19.7. The number of rotatable bonds is 11. The average Bonchev–Trinajstić information content (AvgIpc) is 2.73. The van der Waals surface area contributed by atoms with E-state index in [1.54, 1.807) is 0 Å². The van der Waals surface area contributed by atoms with Crippen LogP contribution >= 0.6 is 7.37 Å². The van der Waals surface area contributed by atoms with Crippen molar-refractivity contribution in [3.63, 3.8) is 0 Å². The SMILES string of the molecule is CCCCOP(=O)(COc1ccc(CCNC(=O)OC(C)(C)C)cc1)C1CCCCC1. The molecular weight excluding hydrogens is 413 g/mol. The van der Waals surface area contributed by atoms with Gasteiger partial charge in [-0.3, -0.25) is 4.57 Å². The van der Waals surface area contributed by atoms with Gasteiger partial charge in [-0.2, -0.15) is 0 Å². The van der Waals surface area contributed by atoms with Crippen molar-refractivity contribution in [2.75, 3.05) is 19.5 Å². The van der Waals surface area contributed by atoms with Crippen molar-refractivity contribution in [2.45, 2.75) is 90.3 Å². The molecule has 1 aliphatic rings. The zero-order chi connectivity index (χ0) is 22.7. The molecule has 1 aromatic rings. The molecule has 0 saturated heterocycles. The number of ether oxygens (including phenoxy) is 2. The second kappa shape index (κ2) is 12.5. The fourth-order valence-corrected chi connectivity index (χ4v) is 6.04. The largest absolute Gasteiger partial charge is 0.484 e. The van der Waals surface area contributed by atoms with Gasteiger partial charge in [-0.25, -0.2) is 4.79 Å². The standard InChI is InChI=1S/C24H40NO5P/c1-5-6-18-29-31(27,22-10-8-7-9-11-22)19-28-21-14-12-20(13-15-21)16-17-25-23(26)30-24(2,3)4/h12-15,22H,5-11,16-19H2,1-4H3,(H,25,26). The third kappa shape index (κ3) is 9.65. The highest BCUT2D eigenvalue weighted by molar-refractivity contribution is 7.59. The van der Waals surface area contributed by atoms with Crippen molar-refractivity contribution in [3.05, 3.63) is 29.8 Å². The summed E-state index contributed by atoms with van der Waals surface area (Å²) in [4.78, 5) is 11.7. The Kier molecular flexibility index (Phi) is 10.4. The molecule has 0 aliphatic heterocycles. The monoisotopic (exact) mass is 453 g/mol. The normalized spacial score (nSPS) is 17.0. The highest BCUT2D eigenvalue weighted by Gasteiger charge is 2.36. The van der Waals surface area contributed by atoms with Crippen LogP contribution in [0.3, 0.4) is 0 Å². The van der Waals surface area contributed by atoms with Crippen molar-refractivity contribution in [1.82, 2.24) is 5.32 Å². The van der Waals surface area contributed by atoms with E-state index in [4.69, 9.17) is 14.0 Å². The van der Waals surface area contributed by atoms with Gasteiger partial charge in [0.15, 0.2) is 6.35 Å². The second-order valence-electron chi connectivity index (χ2n) is 9.30. The first-order valence-electron chi connectivity index (χ1n) is 11.6. The van der Waals surface area contributed by atoms with Gasteiger partial charge in [-0.15, -0.1) is 0 Å². The molecule has 1 unspecified atom stereocenters. The summed E-state index contributed by atoms with van der Waals surface area (Å²) in [6, 6.07) is 7.71. The smallest absolute Gasteiger partial charge is 0.407 e. The number of nitrogens with one attached hydrogen (secondary N) is 1. The van der Waals surface area contributed by atoms with Crippen molar-refractivity contribution >= 4 is 13.5 Å². The van der Waals surface area contributed by atoms with Crippen LogP contribution < -0.4 is 10.1 Å². The van der Waals surface area contributed by atoms with E-state index in [-0.39, 0.29) is 12.0 Å². The average molecular weight is 454 g/mol. The number of alkyl carbamates (subject to hydrolysis) is 1. The molecule has 1 fully saturated rings. The molecule has 0 aromatic heterocycles. The van der Waals surface area contributed by atoms with Crippen LogP contribution in [-0.2, 0) is 20.2 Å². The molecule has 0 bridgehead atoms. The Morgan fingerprint density at radius 1 is 1.13 bits per heavy atom. The predicted molar refractivity (Wildman–Crippen MR) is 125 cm³/mol. The third-order valence-corrected chi connectivity index (χ3v) is 8.09. The lowest BCUT2D eigenvalue weighted by molar-refractivity contribution is 0.0528. The van der Waals surface area contributed by atoms with Crippen LogP contribution in [0.5, 0.6) is 5.75 Å². The van der Waals surface area contributed by atoms with Crippen LogP contribution in [0.2, 0.25) is 0 Å². The number of unbranched alkanes of at least 4 members (excludes halogenated alkanes) is 1. The molecule has 0 radical (unpaired) electrons. The lowest BCUT2D eigenvalue weighted by Gasteiger charge is -2.30. The van der Waals surface area contributed by atoms with Crippen LogP contribution in [0, 0.1) is 0 Å². The number of carbonyl (C=O) groups excluding carboxylic acids is 1. The number of hydrogen-bond donors (Lipinski definition) is 1. The molecule has 2 rings (SSSR count). The van der Waals surface area contributed by atoms with Gasteiger partial charge in [0, 0.05) is 12.2 Å². The summed E-state index contributed by atoms with van der Waals surface area (Å²) in [6.07, 6.45) is 7.77. The Hall–Kier alpha value is -1.52. The number of hydrogen-bond acceptors (Lipinski definition) is 5. The number of amides is 1. The van der Waals surface area contributed by atoms with Crippen LogP contribution in [0.15, 0.2) is 24.3 Å². The Bertz CT molecular complexity index is 708. The Labute approximate surface area is 187 Å². The van der Waals surface area contributed by atoms with E-state index in [9.17, 15) is 9.36 Å². The minimum absolute atomic E-state index is 0.122. The first-order valence-corrected chi connectivity index (χ1v) is 13.5. The highest BCUT2D eigenvalue weighted by atomic mass is 31.2. The van der Waals surface area contributed by atoms with Crippen molar-refractivity contribution in [1.29, 1.82) is 0 Å². The third-order valence-electron chi connectivity index (χ3n) is 5.36. The van der Waals surface area contributed by atoms with E-state index in [0.29, 0.717) is 25.3 Å². The molecule has 31 heavy (non-hydrogen) atoms. The first-order chi connectivity index (χ1) is 14.7. The molecule has 0 heterocycles. The van der Waals surface area contributed by atoms with Crippen LogP contribution in [0.1, 0.15) is 78.2 Å². The van der Waals surface area contributed by atoms with Gasteiger partial charge in [0.2, 0.25) is 7.37 Å². The Balaban J connectivity index is 1.84. The Morgan fingerprint density at radius 3 is 2.42 bits per heavy atom. The van der Waals surface area contributed by atoms with Gasteiger partial charge >= 0.3 is 6.09 Å². The summed E-state index contributed by atoms with van der Waals surface area (Å²) in [5, 5.41) is 2.76. The summed E-state index contributed by atoms with van der Waals surface area (Å²) in [5.74, 6) is 0.693. The summed E-state index contributed by atoms with van der Waals surface area (Å²) >= 11 is 0. The molecule has 1 aromatic carbocycles.